The minimum absolute atomic E-state index is 0.0592. The average molecular weight is 325 g/mol. The fraction of sp³-hybridized carbons (Fsp3) is 0.333. The number of ether oxygens (including phenoxy) is 1. The van der Waals surface area contributed by atoms with Crippen molar-refractivity contribution in [2.75, 3.05) is 13.7 Å². The van der Waals surface area contributed by atoms with Gasteiger partial charge in [-0.15, -0.1) is 5.92 Å². The van der Waals surface area contributed by atoms with E-state index in [9.17, 15) is 4.79 Å². The molecule has 2 aromatic rings. The summed E-state index contributed by atoms with van der Waals surface area (Å²) < 4.78 is 11.6. The van der Waals surface area contributed by atoms with Gasteiger partial charge in [-0.2, -0.15) is 0 Å². The highest BCUT2D eigenvalue weighted by molar-refractivity contribution is 5.99. The molecule has 1 aliphatic rings. The molecule has 0 aliphatic carbocycles. The molecule has 1 atom stereocenters. The van der Waals surface area contributed by atoms with Gasteiger partial charge < -0.3 is 14.5 Å². The Balaban J connectivity index is 1.98. The predicted octanol–water partition coefficient (Wildman–Crippen LogP) is 2.44. The number of fused-ring (bicyclic) bond motifs is 1. The number of carbonyl (C=O) groups is 1. The van der Waals surface area contributed by atoms with E-state index in [2.05, 4.69) is 17.2 Å². The van der Waals surface area contributed by atoms with Gasteiger partial charge in [0.15, 0.2) is 5.96 Å². The molecular weight excluding hydrogens is 306 g/mol. The Morgan fingerprint density at radius 2 is 2.29 bits per heavy atom. The second-order valence-corrected chi connectivity index (χ2v) is 5.93. The Hall–Kier alpha value is -2.94. The van der Waals surface area contributed by atoms with Gasteiger partial charge in [-0.25, -0.2) is 0 Å². The first-order valence-electron chi connectivity index (χ1n) is 7.63. The van der Waals surface area contributed by atoms with E-state index in [4.69, 9.17) is 14.6 Å². The molecule has 1 aliphatic heterocycles. The maximum Gasteiger partial charge on any atom is 0.231 e. The maximum atomic E-state index is 12.1. The highest BCUT2D eigenvalue weighted by Gasteiger charge is 2.40. The second-order valence-electron chi connectivity index (χ2n) is 5.93. The number of hydrogen-bond acceptors (Lipinski definition) is 4. The molecule has 24 heavy (non-hydrogen) atoms. The van der Waals surface area contributed by atoms with Crippen LogP contribution in [-0.2, 0) is 10.3 Å². The molecule has 124 valence electrons. The number of carbonyl (C=O) groups excluding carboxylic acids is 1. The molecule has 0 radical (unpaired) electrons. The highest BCUT2D eigenvalue weighted by Crippen LogP contribution is 2.36. The van der Waals surface area contributed by atoms with E-state index in [1.54, 1.807) is 14.0 Å². The topological polar surface area (TPSA) is 78.6 Å². The third-order valence-electron chi connectivity index (χ3n) is 4.15. The largest absolute Gasteiger partial charge is 0.480 e. The number of benzene rings is 1. The number of nitrogens with one attached hydrogen (secondary N) is 2. The molecular formula is C18H19N3O3. The van der Waals surface area contributed by atoms with Crippen LogP contribution in [0.3, 0.4) is 0 Å². The summed E-state index contributed by atoms with van der Waals surface area (Å²) in [5.74, 6) is 6.86. The van der Waals surface area contributed by atoms with Crippen molar-refractivity contribution in [1.29, 1.82) is 5.41 Å². The van der Waals surface area contributed by atoms with E-state index in [0.717, 1.165) is 5.39 Å². The van der Waals surface area contributed by atoms with Gasteiger partial charge >= 0.3 is 0 Å². The van der Waals surface area contributed by atoms with Crippen molar-refractivity contribution >= 4 is 22.8 Å². The van der Waals surface area contributed by atoms with Crippen molar-refractivity contribution in [3.8, 4) is 17.6 Å². The van der Waals surface area contributed by atoms with Crippen LogP contribution in [0.1, 0.15) is 26.0 Å². The van der Waals surface area contributed by atoms with Crippen molar-refractivity contribution < 1.29 is 13.9 Å². The first-order valence-corrected chi connectivity index (χ1v) is 7.63. The fourth-order valence-electron chi connectivity index (χ4n) is 2.70. The summed E-state index contributed by atoms with van der Waals surface area (Å²) in [7, 11) is 1.58. The van der Waals surface area contributed by atoms with Crippen molar-refractivity contribution in [2.45, 2.75) is 25.8 Å². The Bertz CT molecular complexity index is 854. The zero-order chi connectivity index (χ0) is 17.3. The van der Waals surface area contributed by atoms with Crippen LogP contribution >= 0.6 is 0 Å². The van der Waals surface area contributed by atoms with Crippen molar-refractivity contribution in [3.63, 3.8) is 0 Å². The lowest BCUT2D eigenvalue weighted by Gasteiger charge is -2.37. The van der Waals surface area contributed by atoms with Crippen molar-refractivity contribution in [3.05, 3.63) is 30.0 Å². The third kappa shape index (κ3) is 2.69. The van der Waals surface area contributed by atoms with Gasteiger partial charge in [-0.05, 0) is 32.0 Å². The Morgan fingerprint density at radius 1 is 1.50 bits per heavy atom. The van der Waals surface area contributed by atoms with Crippen LogP contribution in [0.4, 0.5) is 0 Å². The van der Waals surface area contributed by atoms with E-state index in [1.807, 2.05) is 31.2 Å². The summed E-state index contributed by atoms with van der Waals surface area (Å²) in [6.07, 6.45) is 0.212. The Kier molecular flexibility index (Phi) is 3.94. The van der Waals surface area contributed by atoms with E-state index in [0.29, 0.717) is 23.7 Å². The highest BCUT2D eigenvalue weighted by atomic mass is 16.5. The maximum absolute atomic E-state index is 12.1. The molecule has 1 amide bonds. The summed E-state index contributed by atoms with van der Waals surface area (Å²) >= 11 is 0. The molecule has 1 saturated heterocycles. The van der Waals surface area contributed by atoms with Crippen LogP contribution in [-0.4, -0.2) is 30.4 Å². The Morgan fingerprint density at radius 3 is 3.00 bits per heavy atom. The van der Waals surface area contributed by atoms with Crippen LogP contribution in [0.15, 0.2) is 28.7 Å². The van der Waals surface area contributed by atoms with Gasteiger partial charge in [0, 0.05) is 7.05 Å². The second kappa shape index (κ2) is 5.93. The zero-order valence-electron chi connectivity index (χ0n) is 13.9. The first kappa shape index (κ1) is 15.9. The molecule has 0 bridgehead atoms. The summed E-state index contributed by atoms with van der Waals surface area (Å²) in [5, 5.41) is 11.8. The number of nitrogens with zero attached hydrogens (tertiary/aromatic N) is 1. The summed E-state index contributed by atoms with van der Waals surface area (Å²) in [4.78, 5) is 13.4. The van der Waals surface area contributed by atoms with Crippen LogP contribution in [0, 0.1) is 17.3 Å². The van der Waals surface area contributed by atoms with Crippen LogP contribution in [0.5, 0.6) is 5.75 Å². The minimum Gasteiger partial charge on any atom is -0.480 e. The lowest BCUT2D eigenvalue weighted by molar-refractivity contribution is -0.129. The van der Waals surface area contributed by atoms with Gasteiger partial charge in [0.05, 0.1) is 11.8 Å². The summed E-state index contributed by atoms with van der Waals surface area (Å²) in [6, 6.07) is 7.42. The predicted molar refractivity (Wildman–Crippen MR) is 90.8 cm³/mol. The number of furan rings is 1. The van der Waals surface area contributed by atoms with Crippen LogP contribution in [0.2, 0.25) is 0 Å². The minimum atomic E-state index is -0.764. The zero-order valence-corrected chi connectivity index (χ0v) is 13.9. The molecule has 1 aromatic heterocycles. The molecule has 0 spiro atoms. The molecule has 6 heteroatoms. The van der Waals surface area contributed by atoms with Crippen LogP contribution < -0.4 is 10.1 Å². The molecule has 1 fully saturated rings. The smallest absolute Gasteiger partial charge is 0.231 e. The molecule has 0 unspecified atom stereocenters. The van der Waals surface area contributed by atoms with E-state index >= 15 is 0 Å². The van der Waals surface area contributed by atoms with E-state index in [-0.39, 0.29) is 18.3 Å². The SMILES string of the molecule is CC#CCOc1cccc2oc([C@]3(C)CC(=O)N(C)C(=N)N3)cc12. The quantitative estimate of drug-likeness (QED) is 0.850. The number of rotatable bonds is 3. The normalized spacial score (nSPS) is 20.5. The summed E-state index contributed by atoms with van der Waals surface area (Å²) in [6.45, 7) is 3.92. The monoisotopic (exact) mass is 325 g/mol. The lowest BCUT2D eigenvalue weighted by Crippen LogP contribution is -2.58. The molecule has 2 N–H and O–H groups in total. The number of guanidine groups is 1. The number of amides is 1. The number of hydrogen-bond donors (Lipinski definition) is 2. The molecule has 6 nitrogen and oxygen atoms in total. The Labute approximate surface area is 140 Å². The third-order valence-corrected chi connectivity index (χ3v) is 4.15. The average Bonchev–Trinajstić information content (AvgIpc) is 2.99. The standard InChI is InChI=1S/C18H19N3O3/c1-4-5-9-23-13-7-6-8-14-12(13)10-15(24-14)18(2)11-16(22)21(3)17(19)20-18/h6-8,10H,9,11H2,1-3H3,(H2,19,20)/t18-/m0/s1. The van der Waals surface area contributed by atoms with E-state index in [1.165, 1.54) is 4.90 Å². The van der Waals surface area contributed by atoms with Gasteiger partial charge in [-0.1, -0.05) is 12.0 Å². The first-order chi connectivity index (χ1) is 11.4. The van der Waals surface area contributed by atoms with Gasteiger partial charge in [0.25, 0.3) is 0 Å². The van der Waals surface area contributed by atoms with E-state index < -0.39 is 5.54 Å². The van der Waals surface area contributed by atoms with Gasteiger partial charge in [0.2, 0.25) is 5.91 Å². The fourth-order valence-corrected chi connectivity index (χ4v) is 2.70. The van der Waals surface area contributed by atoms with Gasteiger partial charge in [0.1, 0.15) is 29.2 Å². The summed E-state index contributed by atoms with van der Waals surface area (Å²) in [5.41, 5.74) is -0.0897. The molecule has 0 saturated carbocycles. The van der Waals surface area contributed by atoms with Crippen LogP contribution in [0.25, 0.3) is 11.0 Å². The molecule has 3 rings (SSSR count). The van der Waals surface area contributed by atoms with Gasteiger partial charge in [-0.3, -0.25) is 15.1 Å². The lowest BCUT2D eigenvalue weighted by atomic mass is 9.92. The van der Waals surface area contributed by atoms with Crippen molar-refractivity contribution in [1.82, 2.24) is 10.2 Å². The van der Waals surface area contributed by atoms with Crippen molar-refractivity contribution in [2.24, 2.45) is 0 Å². The molecule has 1 aromatic carbocycles. The molecule has 2 heterocycles.